The van der Waals surface area contributed by atoms with Crippen molar-refractivity contribution in [3.63, 3.8) is 0 Å². The summed E-state index contributed by atoms with van der Waals surface area (Å²) in [5.74, 6) is 0.978. The van der Waals surface area contributed by atoms with Gasteiger partial charge in [0.1, 0.15) is 40.6 Å². The van der Waals surface area contributed by atoms with Crippen LogP contribution in [0.5, 0.6) is 11.5 Å². The van der Waals surface area contributed by atoms with E-state index in [4.69, 9.17) is 39.5 Å². The van der Waals surface area contributed by atoms with Crippen LogP contribution in [-0.2, 0) is 20.5 Å². The third kappa shape index (κ3) is 6.84. The fraction of sp³-hybridized carbons (Fsp3) is 0.429. The number of rotatable bonds is 10. The highest BCUT2D eigenvalue weighted by atomic mass is 35.5. The largest absolute Gasteiger partial charge is 0.496 e. The molecule has 1 N–H and O–H groups in total. The number of likely N-dealkylation sites (N-methyl/N-ethyl adjacent to an activating group) is 1. The molecular formula is C35H38BClN4O8. The molecule has 0 radical (unpaired) electrons. The number of amides is 1. The molecule has 1 amide bonds. The molecule has 2 fully saturated rings. The zero-order valence-corrected chi connectivity index (χ0v) is 28.9. The molecule has 3 aromatic heterocycles. The minimum atomic E-state index is -0.838. The Morgan fingerprint density at radius 3 is 2.63 bits per heavy atom. The number of benzene rings is 1. The number of halogens is 1. The Morgan fingerprint density at radius 1 is 1.14 bits per heavy atom. The number of ether oxygens (including phenoxy) is 3. The summed E-state index contributed by atoms with van der Waals surface area (Å²) in [5.41, 5.74) is 1.83. The van der Waals surface area contributed by atoms with Gasteiger partial charge in [0.25, 0.3) is 5.91 Å². The molecule has 1 unspecified atom stereocenters. The Bertz CT molecular complexity index is 1910. The highest BCUT2D eigenvalue weighted by Gasteiger charge is 2.55. The molecule has 2 aliphatic rings. The molecule has 1 aromatic carbocycles. The summed E-state index contributed by atoms with van der Waals surface area (Å²) in [6.45, 7) is 7.19. The van der Waals surface area contributed by atoms with Crippen LogP contribution < -0.4 is 14.9 Å². The predicted molar refractivity (Wildman–Crippen MR) is 182 cm³/mol. The van der Waals surface area contributed by atoms with Crippen molar-refractivity contribution in [2.45, 2.75) is 57.3 Å². The molecule has 6 rings (SSSR count). The molecule has 4 aromatic rings. The molecule has 49 heavy (non-hydrogen) atoms. The van der Waals surface area contributed by atoms with Gasteiger partial charge in [-0.25, -0.2) is 0 Å². The summed E-state index contributed by atoms with van der Waals surface area (Å²) >= 11 is 6.97. The number of nitriles is 1. The average Bonchev–Trinajstić information content (AvgIpc) is 3.64. The molecule has 14 heteroatoms. The summed E-state index contributed by atoms with van der Waals surface area (Å²) in [7, 11) is 2.35. The highest BCUT2D eigenvalue weighted by molar-refractivity contribution is 6.62. The van der Waals surface area contributed by atoms with Gasteiger partial charge in [-0.1, -0.05) is 17.7 Å². The molecule has 1 atom stereocenters. The van der Waals surface area contributed by atoms with Gasteiger partial charge in [-0.15, -0.1) is 0 Å². The minimum Gasteiger partial charge on any atom is -0.496 e. The minimum absolute atomic E-state index is 0.00821. The van der Waals surface area contributed by atoms with Crippen LogP contribution in [0.4, 0.5) is 0 Å². The second kappa shape index (κ2) is 14.0. The summed E-state index contributed by atoms with van der Waals surface area (Å²) in [4.78, 5) is 23.0. The van der Waals surface area contributed by atoms with E-state index in [1.165, 1.54) is 24.3 Å². The number of nitrogens with zero attached hydrogens (tertiary/aromatic N) is 4. The van der Waals surface area contributed by atoms with Crippen LogP contribution in [0, 0.1) is 11.3 Å². The number of fused-ring (bicyclic) bond motifs is 1. The molecule has 0 aliphatic carbocycles. The van der Waals surface area contributed by atoms with Crippen molar-refractivity contribution < 1.29 is 37.8 Å². The zero-order valence-electron chi connectivity index (χ0n) is 28.1. The average molecular weight is 689 g/mol. The lowest BCUT2D eigenvalue weighted by Gasteiger charge is -2.36. The Kier molecular flexibility index (Phi) is 9.89. The molecule has 0 spiro atoms. The number of carbonyl (C=O) groups is 1. The summed E-state index contributed by atoms with van der Waals surface area (Å²) < 4.78 is 36.4. The van der Waals surface area contributed by atoms with Crippen LogP contribution in [0.2, 0.25) is 5.02 Å². The second-order valence-electron chi connectivity index (χ2n) is 12.9. The quantitative estimate of drug-likeness (QED) is 0.234. The molecule has 0 bridgehead atoms. The van der Waals surface area contributed by atoms with Gasteiger partial charge in [0.2, 0.25) is 0 Å². The standard InChI is InChI=1S/C35H38BClN4O8/c1-34(2)35(3,49-36(48-34)23-6-7-28(21(14-23)18-38)46-24-8-12-45-13-9-24)17-22-19-39-26-15-30(47-32(26)31(22)37)25-20-40-27(16-29(25)44-5)33(43)41(4)10-11-42/h6-7,14-16,19-20,24,42H,8-13,17H2,1-5H3. The van der Waals surface area contributed by atoms with Gasteiger partial charge in [0.15, 0.2) is 5.58 Å². The maximum Gasteiger partial charge on any atom is 0.494 e. The van der Waals surface area contributed by atoms with Crippen molar-refractivity contribution in [1.29, 1.82) is 5.26 Å². The Labute approximate surface area is 290 Å². The van der Waals surface area contributed by atoms with Gasteiger partial charge in [0, 0.05) is 57.4 Å². The molecule has 12 nitrogen and oxygen atoms in total. The van der Waals surface area contributed by atoms with Crippen LogP contribution in [0.1, 0.15) is 55.2 Å². The number of methoxy groups -OCH3 is 1. The van der Waals surface area contributed by atoms with Crippen molar-refractivity contribution in [1.82, 2.24) is 14.9 Å². The van der Waals surface area contributed by atoms with Crippen molar-refractivity contribution in [3.05, 3.63) is 64.6 Å². The molecule has 2 aliphatic heterocycles. The molecular weight excluding hydrogens is 651 g/mol. The lowest BCUT2D eigenvalue weighted by atomic mass is 9.78. The fourth-order valence-corrected chi connectivity index (χ4v) is 6.25. The smallest absolute Gasteiger partial charge is 0.494 e. The van der Waals surface area contributed by atoms with E-state index in [0.29, 0.717) is 75.2 Å². The third-order valence-corrected chi connectivity index (χ3v) is 9.75. The van der Waals surface area contributed by atoms with E-state index in [0.717, 1.165) is 12.8 Å². The number of pyridine rings is 2. The van der Waals surface area contributed by atoms with E-state index < -0.39 is 18.3 Å². The van der Waals surface area contributed by atoms with E-state index >= 15 is 0 Å². The number of carbonyl (C=O) groups excluding carboxylic acids is 1. The van der Waals surface area contributed by atoms with Crippen LogP contribution in [-0.4, -0.2) is 90.8 Å². The van der Waals surface area contributed by atoms with Gasteiger partial charge in [-0.2, -0.15) is 5.26 Å². The number of aliphatic hydroxyl groups is 1. The molecule has 0 saturated carbocycles. The third-order valence-electron chi connectivity index (χ3n) is 9.33. The first-order valence-electron chi connectivity index (χ1n) is 16.1. The number of aliphatic hydroxyl groups excluding tert-OH is 1. The van der Waals surface area contributed by atoms with Crippen LogP contribution in [0.15, 0.2) is 47.1 Å². The maximum atomic E-state index is 12.7. The number of hydrogen-bond donors (Lipinski definition) is 1. The Morgan fingerprint density at radius 2 is 1.92 bits per heavy atom. The van der Waals surface area contributed by atoms with E-state index in [1.807, 2.05) is 26.8 Å². The topological polar surface area (TPSA) is 149 Å². The predicted octanol–water partition coefficient (Wildman–Crippen LogP) is 4.57. The van der Waals surface area contributed by atoms with Gasteiger partial charge in [-0.05, 0) is 43.9 Å². The lowest BCUT2D eigenvalue weighted by Crippen LogP contribution is -2.46. The van der Waals surface area contributed by atoms with Gasteiger partial charge in [0.05, 0.1) is 54.3 Å². The number of furan rings is 1. The number of aromatic nitrogens is 2. The summed E-state index contributed by atoms with van der Waals surface area (Å²) in [6, 6.07) is 10.9. The molecule has 256 valence electrons. The van der Waals surface area contributed by atoms with E-state index in [2.05, 4.69) is 16.0 Å². The number of hydrogen-bond acceptors (Lipinski definition) is 11. The first-order valence-corrected chi connectivity index (χ1v) is 16.5. The van der Waals surface area contributed by atoms with E-state index in [9.17, 15) is 15.2 Å². The van der Waals surface area contributed by atoms with Crippen molar-refractivity contribution >= 4 is 41.2 Å². The maximum absolute atomic E-state index is 12.7. The van der Waals surface area contributed by atoms with Crippen LogP contribution in [0.25, 0.3) is 22.4 Å². The SMILES string of the molecule is COc1cc(C(=O)N(C)CCO)ncc1-c1cc2ncc(CC3(C)OB(c4ccc(OC5CCOCC5)c(C#N)c4)OC3(C)C)c(Cl)c2o1. The van der Waals surface area contributed by atoms with Crippen LogP contribution in [0.3, 0.4) is 0 Å². The Balaban J connectivity index is 1.23. The van der Waals surface area contributed by atoms with Gasteiger partial charge in [-0.3, -0.25) is 14.8 Å². The van der Waals surface area contributed by atoms with Crippen molar-refractivity contribution in [2.75, 3.05) is 40.5 Å². The zero-order chi connectivity index (χ0) is 34.9. The van der Waals surface area contributed by atoms with Gasteiger partial charge >= 0.3 is 7.12 Å². The Hall–Kier alpha value is -4.19. The lowest BCUT2D eigenvalue weighted by molar-refractivity contribution is -0.00879. The molecule has 5 heterocycles. The van der Waals surface area contributed by atoms with Crippen molar-refractivity contribution in [3.8, 4) is 28.9 Å². The molecule has 2 saturated heterocycles. The normalized spacial score (nSPS) is 19.2. The van der Waals surface area contributed by atoms with Crippen LogP contribution >= 0.6 is 11.6 Å². The van der Waals surface area contributed by atoms with E-state index in [-0.39, 0.29) is 30.9 Å². The summed E-state index contributed by atoms with van der Waals surface area (Å²) in [6.07, 6.45) is 5.12. The second-order valence-corrected chi connectivity index (χ2v) is 13.3. The summed E-state index contributed by atoms with van der Waals surface area (Å²) in [5, 5.41) is 19.5. The monoisotopic (exact) mass is 688 g/mol. The first kappa shape index (κ1) is 34.7. The first-order chi connectivity index (χ1) is 23.5. The fourth-order valence-electron chi connectivity index (χ4n) is 6.00. The highest BCUT2D eigenvalue weighted by Crippen LogP contribution is 2.43. The van der Waals surface area contributed by atoms with Gasteiger partial charge < -0.3 is 37.9 Å². The van der Waals surface area contributed by atoms with E-state index in [1.54, 1.807) is 31.4 Å². The van der Waals surface area contributed by atoms with Crippen molar-refractivity contribution in [2.24, 2.45) is 0 Å².